The monoisotopic (exact) mass is 313 g/mol. The van der Waals surface area contributed by atoms with Crippen LogP contribution in [0.3, 0.4) is 0 Å². The third-order valence-electron chi connectivity index (χ3n) is 3.53. The zero-order chi connectivity index (χ0) is 15.4. The number of nitrogens with zero attached hydrogens (tertiary/aromatic N) is 1. The number of carbonyl (C=O) groups excluding carboxylic acids is 1. The lowest BCUT2D eigenvalue weighted by Crippen LogP contribution is -2.44. The molecule has 21 heavy (non-hydrogen) atoms. The molecule has 3 N–H and O–H groups in total. The molecule has 1 saturated heterocycles. The number of hydrogen-bond donors (Lipinski definition) is 3. The second-order valence-corrected chi connectivity index (χ2v) is 5.94. The molecule has 2 rings (SSSR count). The highest BCUT2D eigenvalue weighted by atomic mass is 32.2. The summed E-state index contributed by atoms with van der Waals surface area (Å²) in [7, 11) is -1.03. The van der Waals surface area contributed by atoms with E-state index >= 15 is 0 Å². The lowest BCUT2D eigenvalue weighted by molar-refractivity contribution is 0.0924. The van der Waals surface area contributed by atoms with Crippen molar-refractivity contribution in [2.45, 2.75) is 18.9 Å². The van der Waals surface area contributed by atoms with Crippen LogP contribution in [0.15, 0.2) is 18.2 Å². The van der Waals surface area contributed by atoms with Gasteiger partial charge in [0.2, 0.25) is 10.9 Å². The molecule has 1 aromatic carbocycles. The van der Waals surface area contributed by atoms with Crippen molar-refractivity contribution >= 4 is 22.5 Å². The van der Waals surface area contributed by atoms with Gasteiger partial charge in [-0.1, -0.05) is 0 Å². The topological polar surface area (TPSA) is 102 Å². The lowest BCUT2D eigenvalue weighted by Gasteiger charge is -2.28. The third kappa shape index (κ3) is 3.85. The Balaban J connectivity index is 1.96. The Morgan fingerprint density at radius 2 is 2.05 bits per heavy atom. The van der Waals surface area contributed by atoms with Gasteiger partial charge in [-0.2, -0.15) is 0 Å². The maximum atomic E-state index is 12.2. The quantitative estimate of drug-likeness (QED) is 0.536. The number of methoxy groups -OCH3 is 1. The minimum atomic E-state index is -2.52. The van der Waals surface area contributed by atoms with Crippen LogP contribution in [0.1, 0.15) is 23.2 Å². The number of hydrogen-bond acceptors (Lipinski definition) is 5. The standard InChI is InChI=1S/C13H19N3O4S/c1-20-12-8-9(2-3-11(12)14)13(17)15-10-4-6-16(7-5-10)21(18)19/h2-3,8,10,21H,4-7,14H2,1H3,(H,15,17). The van der Waals surface area contributed by atoms with Gasteiger partial charge in [0, 0.05) is 24.7 Å². The Morgan fingerprint density at radius 1 is 1.38 bits per heavy atom. The van der Waals surface area contributed by atoms with Gasteiger partial charge >= 0.3 is 0 Å². The lowest BCUT2D eigenvalue weighted by atomic mass is 10.1. The number of rotatable bonds is 4. The van der Waals surface area contributed by atoms with Crippen molar-refractivity contribution in [1.82, 2.24) is 9.62 Å². The Bertz CT molecular complexity index is 587. The zero-order valence-electron chi connectivity index (χ0n) is 11.7. The van der Waals surface area contributed by atoms with E-state index in [0.717, 1.165) is 0 Å². The minimum Gasteiger partial charge on any atom is -0.495 e. The second kappa shape index (κ2) is 6.77. The van der Waals surface area contributed by atoms with Gasteiger partial charge in [0.1, 0.15) is 5.75 Å². The van der Waals surface area contributed by atoms with Crippen molar-refractivity contribution in [2.75, 3.05) is 25.9 Å². The first-order valence-electron chi connectivity index (χ1n) is 6.65. The van der Waals surface area contributed by atoms with Crippen LogP contribution in [-0.2, 0) is 10.9 Å². The smallest absolute Gasteiger partial charge is 0.251 e. The summed E-state index contributed by atoms with van der Waals surface area (Å²) in [5.41, 5.74) is 6.65. The molecule has 1 aliphatic heterocycles. The molecule has 0 atom stereocenters. The van der Waals surface area contributed by atoms with Crippen LogP contribution in [0.4, 0.5) is 5.69 Å². The number of carbonyl (C=O) groups is 1. The van der Waals surface area contributed by atoms with Gasteiger partial charge in [-0.25, -0.2) is 12.7 Å². The first-order valence-corrected chi connectivity index (χ1v) is 7.78. The summed E-state index contributed by atoms with van der Waals surface area (Å²) in [6.07, 6.45) is 1.22. The second-order valence-electron chi connectivity index (χ2n) is 4.90. The molecule has 0 radical (unpaired) electrons. The predicted octanol–water partition coefficient (Wildman–Crippen LogP) is -0.00200. The number of piperidine rings is 1. The third-order valence-corrected chi connectivity index (χ3v) is 4.40. The van der Waals surface area contributed by atoms with E-state index in [1.165, 1.54) is 11.4 Å². The number of amides is 1. The van der Waals surface area contributed by atoms with E-state index in [0.29, 0.717) is 42.9 Å². The van der Waals surface area contributed by atoms with Gasteiger partial charge in [-0.05, 0) is 31.0 Å². The highest BCUT2D eigenvalue weighted by Crippen LogP contribution is 2.22. The first-order chi connectivity index (χ1) is 10.0. The maximum absolute atomic E-state index is 12.2. The van der Waals surface area contributed by atoms with Gasteiger partial charge in [0.25, 0.3) is 5.91 Å². The van der Waals surface area contributed by atoms with Crippen molar-refractivity contribution in [2.24, 2.45) is 0 Å². The zero-order valence-corrected chi connectivity index (χ0v) is 12.6. The Labute approximate surface area is 125 Å². The fourth-order valence-corrected chi connectivity index (χ4v) is 2.85. The summed E-state index contributed by atoms with van der Waals surface area (Å²) < 4.78 is 28.2. The summed E-state index contributed by atoms with van der Waals surface area (Å²) in [5.74, 6) is 0.249. The summed E-state index contributed by atoms with van der Waals surface area (Å²) in [6.45, 7) is 0.878. The van der Waals surface area contributed by atoms with Crippen molar-refractivity contribution in [3.8, 4) is 5.75 Å². The van der Waals surface area contributed by atoms with Crippen LogP contribution in [0.25, 0.3) is 0 Å². The first kappa shape index (κ1) is 15.6. The average molecular weight is 313 g/mol. The van der Waals surface area contributed by atoms with Gasteiger partial charge in [0.05, 0.1) is 12.8 Å². The van der Waals surface area contributed by atoms with Crippen molar-refractivity contribution in [3.05, 3.63) is 23.8 Å². The van der Waals surface area contributed by atoms with Crippen LogP contribution in [0.5, 0.6) is 5.75 Å². The number of nitrogens with one attached hydrogen (secondary N) is 1. The molecule has 0 unspecified atom stereocenters. The summed E-state index contributed by atoms with van der Waals surface area (Å²) in [5, 5.41) is 2.91. The molecule has 0 aliphatic carbocycles. The molecule has 1 heterocycles. The van der Waals surface area contributed by atoms with E-state index < -0.39 is 10.9 Å². The van der Waals surface area contributed by atoms with Gasteiger partial charge < -0.3 is 15.8 Å². The number of thiol groups is 1. The highest BCUT2D eigenvalue weighted by molar-refractivity contribution is 7.69. The van der Waals surface area contributed by atoms with E-state index in [9.17, 15) is 13.2 Å². The molecule has 1 aromatic rings. The van der Waals surface area contributed by atoms with Gasteiger partial charge in [0.15, 0.2) is 0 Å². The van der Waals surface area contributed by atoms with E-state index in [-0.39, 0.29) is 11.9 Å². The van der Waals surface area contributed by atoms with Crippen LogP contribution in [0.2, 0.25) is 0 Å². The molecule has 1 fully saturated rings. The number of benzene rings is 1. The van der Waals surface area contributed by atoms with E-state index in [1.54, 1.807) is 18.2 Å². The molecule has 1 amide bonds. The fraction of sp³-hybridized carbons (Fsp3) is 0.462. The molecule has 7 nitrogen and oxygen atoms in total. The van der Waals surface area contributed by atoms with Crippen LogP contribution < -0.4 is 15.8 Å². The Hall–Kier alpha value is -1.80. The largest absolute Gasteiger partial charge is 0.495 e. The molecule has 1 aliphatic rings. The summed E-state index contributed by atoms with van der Waals surface area (Å²) in [6, 6.07) is 4.83. The summed E-state index contributed by atoms with van der Waals surface area (Å²) in [4.78, 5) is 12.2. The molecular formula is C13H19N3O4S. The molecule has 116 valence electrons. The number of ether oxygens (including phenoxy) is 1. The maximum Gasteiger partial charge on any atom is 0.251 e. The molecular weight excluding hydrogens is 294 g/mol. The van der Waals surface area contributed by atoms with E-state index in [1.807, 2.05) is 0 Å². The Kier molecular flexibility index (Phi) is 5.03. The SMILES string of the molecule is COc1cc(C(=O)NC2CCN([SH](=O)=O)CC2)ccc1N. The predicted molar refractivity (Wildman–Crippen MR) is 79.8 cm³/mol. The molecule has 0 bridgehead atoms. The van der Waals surface area contributed by atoms with E-state index in [4.69, 9.17) is 10.5 Å². The summed E-state index contributed by atoms with van der Waals surface area (Å²) >= 11 is 0. The van der Waals surface area contributed by atoms with Crippen molar-refractivity contribution in [1.29, 1.82) is 0 Å². The molecule has 0 aromatic heterocycles. The van der Waals surface area contributed by atoms with Crippen LogP contribution in [-0.4, -0.2) is 44.9 Å². The number of anilines is 1. The van der Waals surface area contributed by atoms with Crippen molar-refractivity contribution < 1.29 is 17.9 Å². The van der Waals surface area contributed by atoms with Crippen LogP contribution in [0, 0.1) is 0 Å². The van der Waals surface area contributed by atoms with Gasteiger partial charge in [-0.3, -0.25) is 4.79 Å². The average Bonchev–Trinajstić information content (AvgIpc) is 2.48. The van der Waals surface area contributed by atoms with Crippen LogP contribution >= 0.6 is 0 Å². The normalized spacial score (nSPS) is 16.9. The minimum absolute atomic E-state index is 0.0211. The molecule has 8 heteroatoms. The number of nitrogen functional groups attached to an aromatic ring is 1. The highest BCUT2D eigenvalue weighted by Gasteiger charge is 2.22. The fourth-order valence-electron chi connectivity index (χ4n) is 2.29. The number of nitrogens with two attached hydrogens (primary N) is 1. The van der Waals surface area contributed by atoms with Gasteiger partial charge in [-0.15, -0.1) is 0 Å². The Morgan fingerprint density at radius 3 is 2.62 bits per heavy atom. The van der Waals surface area contributed by atoms with E-state index in [2.05, 4.69) is 5.32 Å². The molecule has 0 saturated carbocycles. The van der Waals surface area contributed by atoms with Crippen molar-refractivity contribution in [3.63, 3.8) is 0 Å². The molecule has 0 spiro atoms.